The second-order valence-corrected chi connectivity index (χ2v) is 5.03. The van der Waals surface area contributed by atoms with Crippen LogP contribution in [0.15, 0.2) is 52.5 Å². The van der Waals surface area contributed by atoms with Gasteiger partial charge in [0.1, 0.15) is 5.75 Å². The van der Waals surface area contributed by atoms with Crippen molar-refractivity contribution in [1.29, 1.82) is 0 Å². The molecule has 0 saturated carbocycles. The third kappa shape index (κ3) is 2.35. The lowest BCUT2D eigenvalue weighted by Gasteiger charge is -2.05. The Kier molecular flexibility index (Phi) is 3.35. The lowest BCUT2D eigenvalue weighted by Crippen LogP contribution is -2.06. The van der Waals surface area contributed by atoms with E-state index in [1.54, 1.807) is 25.3 Å². The van der Waals surface area contributed by atoms with Gasteiger partial charge in [0.05, 0.1) is 12.7 Å². The molecule has 100 valence electrons. The number of carbonyl (C=O) groups is 1. The molecule has 0 saturated heterocycles. The van der Waals surface area contributed by atoms with E-state index >= 15 is 0 Å². The van der Waals surface area contributed by atoms with E-state index in [1.807, 2.05) is 29.6 Å². The summed E-state index contributed by atoms with van der Waals surface area (Å²) in [7, 11) is 1.57. The zero-order chi connectivity index (χ0) is 13.9. The summed E-state index contributed by atoms with van der Waals surface area (Å²) in [5.74, 6) is 0.450. The highest BCUT2D eigenvalue weighted by Crippen LogP contribution is 2.25. The Morgan fingerprint density at radius 3 is 2.85 bits per heavy atom. The van der Waals surface area contributed by atoms with Crippen molar-refractivity contribution in [3.63, 3.8) is 0 Å². The molecule has 20 heavy (non-hydrogen) atoms. The predicted molar refractivity (Wildman–Crippen MR) is 77.9 cm³/mol. The van der Waals surface area contributed by atoms with Crippen LogP contribution in [0.25, 0.3) is 6.08 Å². The molecule has 1 aromatic carbocycles. The van der Waals surface area contributed by atoms with Gasteiger partial charge in [-0.05, 0) is 29.7 Å². The van der Waals surface area contributed by atoms with E-state index in [9.17, 15) is 4.79 Å². The van der Waals surface area contributed by atoms with Gasteiger partial charge in [-0.1, -0.05) is 18.2 Å². The van der Waals surface area contributed by atoms with Crippen molar-refractivity contribution in [2.24, 2.45) is 4.99 Å². The van der Waals surface area contributed by atoms with Crippen molar-refractivity contribution in [3.05, 3.63) is 57.9 Å². The van der Waals surface area contributed by atoms with E-state index in [0.717, 1.165) is 4.88 Å². The molecule has 0 radical (unpaired) electrons. The minimum atomic E-state index is -0.445. The molecule has 0 aliphatic carbocycles. The Morgan fingerprint density at radius 1 is 1.25 bits per heavy atom. The molecule has 0 fully saturated rings. The fourth-order valence-electron chi connectivity index (χ4n) is 1.85. The van der Waals surface area contributed by atoms with E-state index in [0.29, 0.717) is 17.0 Å². The summed E-state index contributed by atoms with van der Waals surface area (Å²) >= 11 is 1.54. The van der Waals surface area contributed by atoms with Crippen molar-refractivity contribution in [1.82, 2.24) is 0 Å². The second-order valence-electron chi connectivity index (χ2n) is 4.05. The highest BCUT2D eigenvalue weighted by molar-refractivity contribution is 7.10. The summed E-state index contributed by atoms with van der Waals surface area (Å²) in [4.78, 5) is 17.1. The SMILES string of the molecule is COc1ccccc1C1=NC(=Cc2cccs2)C(=O)O1. The lowest BCUT2D eigenvalue weighted by atomic mass is 10.2. The van der Waals surface area contributed by atoms with E-state index < -0.39 is 5.97 Å². The molecule has 0 unspecified atom stereocenters. The Hall–Kier alpha value is -2.40. The van der Waals surface area contributed by atoms with Crippen molar-refractivity contribution >= 4 is 29.3 Å². The van der Waals surface area contributed by atoms with Crippen LogP contribution in [0.5, 0.6) is 5.75 Å². The van der Waals surface area contributed by atoms with Crippen LogP contribution in [0.3, 0.4) is 0 Å². The van der Waals surface area contributed by atoms with Crippen molar-refractivity contribution in [2.75, 3.05) is 7.11 Å². The summed E-state index contributed by atoms with van der Waals surface area (Å²) in [6.07, 6.45) is 1.72. The fraction of sp³-hybridized carbons (Fsp3) is 0.0667. The number of ether oxygens (including phenoxy) is 2. The highest BCUT2D eigenvalue weighted by atomic mass is 32.1. The first-order chi connectivity index (χ1) is 9.78. The zero-order valence-corrected chi connectivity index (χ0v) is 11.5. The van der Waals surface area contributed by atoms with Gasteiger partial charge in [-0.2, -0.15) is 0 Å². The van der Waals surface area contributed by atoms with Crippen LogP contribution in [-0.4, -0.2) is 19.0 Å². The summed E-state index contributed by atoms with van der Waals surface area (Å²) in [5.41, 5.74) is 0.964. The van der Waals surface area contributed by atoms with E-state index in [2.05, 4.69) is 4.99 Å². The first kappa shape index (κ1) is 12.6. The van der Waals surface area contributed by atoms with Crippen LogP contribution in [0, 0.1) is 0 Å². The third-order valence-electron chi connectivity index (χ3n) is 2.78. The minimum Gasteiger partial charge on any atom is -0.496 e. The monoisotopic (exact) mass is 285 g/mol. The molecule has 5 heteroatoms. The number of para-hydroxylation sites is 1. The summed E-state index contributed by atoms with van der Waals surface area (Å²) in [6, 6.07) is 11.1. The minimum absolute atomic E-state index is 0.273. The zero-order valence-electron chi connectivity index (χ0n) is 10.7. The van der Waals surface area contributed by atoms with E-state index in [1.165, 1.54) is 11.3 Å². The van der Waals surface area contributed by atoms with Gasteiger partial charge in [-0.25, -0.2) is 9.79 Å². The summed E-state index contributed by atoms with van der Waals surface area (Å²) in [6.45, 7) is 0. The molecule has 3 rings (SSSR count). The van der Waals surface area contributed by atoms with Gasteiger partial charge in [0.2, 0.25) is 5.90 Å². The van der Waals surface area contributed by atoms with Crippen molar-refractivity contribution in [3.8, 4) is 5.75 Å². The van der Waals surface area contributed by atoms with Crippen LogP contribution in [0.2, 0.25) is 0 Å². The van der Waals surface area contributed by atoms with Gasteiger partial charge in [-0.15, -0.1) is 11.3 Å². The summed E-state index contributed by atoms with van der Waals surface area (Å²) < 4.78 is 10.5. The number of hydrogen-bond acceptors (Lipinski definition) is 5. The molecular formula is C15H11NO3S. The molecule has 0 amide bonds. The molecule has 2 aromatic rings. The number of thiophene rings is 1. The maximum atomic E-state index is 11.8. The Bertz CT molecular complexity index is 702. The second kappa shape index (κ2) is 5.30. The predicted octanol–water partition coefficient (Wildman–Crippen LogP) is 3.10. The molecular weight excluding hydrogens is 274 g/mol. The Morgan fingerprint density at radius 2 is 2.10 bits per heavy atom. The molecule has 1 aromatic heterocycles. The molecule has 0 bridgehead atoms. The van der Waals surface area contributed by atoms with Gasteiger partial charge in [0.15, 0.2) is 5.70 Å². The number of rotatable bonds is 3. The smallest absolute Gasteiger partial charge is 0.363 e. The van der Waals surface area contributed by atoms with Gasteiger partial charge in [-0.3, -0.25) is 0 Å². The summed E-state index contributed by atoms with van der Waals surface area (Å²) in [5, 5.41) is 1.94. The number of esters is 1. The number of cyclic esters (lactones) is 1. The maximum absolute atomic E-state index is 11.8. The molecule has 1 aliphatic heterocycles. The number of methoxy groups -OCH3 is 1. The third-order valence-corrected chi connectivity index (χ3v) is 3.60. The van der Waals surface area contributed by atoms with Gasteiger partial charge in [0, 0.05) is 4.88 Å². The fourth-order valence-corrected chi connectivity index (χ4v) is 2.50. The molecule has 0 atom stereocenters. The van der Waals surface area contributed by atoms with E-state index in [-0.39, 0.29) is 5.90 Å². The topological polar surface area (TPSA) is 47.9 Å². The molecule has 2 heterocycles. The highest BCUT2D eigenvalue weighted by Gasteiger charge is 2.26. The van der Waals surface area contributed by atoms with Gasteiger partial charge >= 0.3 is 5.97 Å². The van der Waals surface area contributed by atoms with E-state index in [4.69, 9.17) is 9.47 Å². The van der Waals surface area contributed by atoms with Crippen LogP contribution < -0.4 is 4.74 Å². The first-order valence-corrected chi connectivity index (χ1v) is 6.85. The maximum Gasteiger partial charge on any atom is 0.363 e. The van der Waals surface area contributed by atoms with Gasteiger partial charge in [0.25, 0.3) is 0 Å². The number of aliphatic imine (C=N–C) groups is 1. The average molecular weight is 285 g/mol. The first-order valence-electron chi connectivity index (χ1n) is 5.97. The van der Waals surface area contributed by atoms with Gasteiger partial charge < -0.3 is 9.47 Å². The lowest BCUT2D eigenvalue weighted by molar-refractivity contribution is -0.129. The average Bonchev–Trinajstić information content (AvgIpc) is 3.10. The van der Waals surface area contributed by atoms with Crippen LogP contribution in [0.1, 0.15) is 10.4 Å². The quantitative estimate of drug-likeness (QED) is 0.643. The van der Waals surface area contributed by atoms with Crippen molar-refractivity contribution in [2.45, 2.75) is 0 Å². The Balaban J connectivity index is 1.98. The number of nitrogens with zero attached hydrogens (tertiary/aromatic N) is 1. The number of carbonyl (C=O) groups excluding carboxylic acids is 1. The van der Waals surface area contributed by atoms with Crippen LogP contribution in [0.4, 0.5) is 0 Å². The van der Waals surface area contributed by atoms with Crippen LogP contribution >= 0.6 is 11.3 Å². The standard InChI is InChI=1S/C15H11NO3S/c1-18-13-7-3-2-6-11(13)14-16-12(15(17)19-14)9-10-5-4-8-20-10/h2-9H,1H3. The molecule has 0 spiro atoms. The normalized spacial score (nSPS) is 16.1. The number of benzene rings is 1. The largest absolute Gasteiger partial charge is 0.496 e. The molecule has 1 aliphatic rings. The Labute approximate surface area is 120 Å². The van der Waals surface area contributed by atoms with Crippen LogP contribution in [-0.2, 0) is 9.53 Å². The van der Waals surface area contributed by atoms with Crippen molar-refractivity contribution < 1.29 is 14.3 Å². The molecule has 4 nitrogen and oxygen atoms in total. The number of hydrogen-bond donors (Lipinski definition) is 0. The molecule has 0 N–H and O–H groups in total.